The van der Waals surface area contributed by atoms with E-state index in [1.165, 1.54) is 41.0 Å². The van der Waals surface area contributed by atoms with Crippen LogP contribution in [-0.2, 0) is 10.8 Å². The molecule has 8 aromatic carbocycles. The largest absolute Gasteiger partial charge is 0.457 e. The molecule has 0 saturated carbocycles. The van der Waals surface area contributed by atoms with Crippen molar-refractivity contribution in [2.45, 2.75) is 91.9 Å². The Morgan fingerprint density at radius 3 is 1.62 bits per heavy atom. The lowest BCUT2D eigenvalue weighted by Crippen LogP contribution is -2.25. The van der Waals surface area contributed by atoms with Crippen LogP contribution in [0.3, 0.4) is 0 Å². The van der Waals surface area contributed by atoms with E-state index in [-0.39, 0.29) is 35.0 Å². The molecule has 5 nitrogen and oxygen atoms in total. The molecule has 0 unspecified atom stereocenters. The van der Waals surface area contributed by atoms with E-state index in [4.69, 9.17) is 9.72 Å². The summed E-state index contributed by atoms with van der Waals surface area (Å²) in [6.45, 7) is 21.8. The molecule has 2 aromatic heterocycles. The van der Waals surface area contributed by atoms with Gasteiger partial charge in [0.05, 0.1) is 28.1 Å². The average molecular weight is 1030 g/mol. The fourth-order valence-corrected chi connectivity index (χ4v) is 11.1. The third-order valence-electron chi connectivity index (χ3n) is 14.9. The standard InChI is InChI=1S/C68H62F4N4O/c1-40(2)54-17-15-18-55(41(3)4)65(54)44-30-51(37-53(31-44)77-52-22-23-57-56-16-11-12-19-60(56)76(63(57)38-52)64-34-45(24-25-73-64)67(5,6)7)74-39-75(62-21-14-13-20-61(62)74)66-58(42-26-47(69)35-48(70)27-42)32-46(68(8,9)10)33-59(66)43-28-49(71)36-50(72)29-43/h11-38,40-41H,39H2,1-10H3. The number of anilines is 4. The van der Waals surface area contributed by atoms with E-state index in [1.54, 1.807) is 0 Å². The van der Waals surface area contributed by atoms with Gasteiger partial charge in [-0.2, -0.15) is 0 Å². The number of aromatic nitrogens is 2. The number of pyridine rings is 1. The van der Waals surface area contributed by atoms with Crippen molar-refractivity contribution in [2.75, 3.05) is 16.5 Å². The molecule has 0 atom stereocenters. The van der Waals surface area contributed by atoms with Crippen molar-refractivity contribution in [2.24, 2.45) is 0 Å². The highest BCUT2D eigenvalue weighted by Crippen LogP contribution is 2.53. The fourth-order valence-electron chi connectivity index (χ4n) is 11.1. The molecule has 9 heteroatoms. The van der Waals surface area contributed by atoms with Gasteiger partial charge in [0.2, 0.25) is 0 Å². The van der Waals surface area contributed by atoms with Crippen LogP contribution in [0.4, 0.5) is 40.3 Å². The fraction of sp³-hybridized carbons (Fsp3) is 0.221. The van der Waals surface area contributed by atoms with E-state index >= 15 is 17.6 Å². The Hall–Kier alpha value is -8.17. The average Bonchev–Trinajstić information content (AvgIpc) is 3.93. The molecular weight excluding hydrogens is 965 g/mol. The molecule has 77 heavy (non-hydrogen) atoms. The molecule has 11 rings (SSSR count). The van der Waals surface area contributed by atoms with Crippen LogP contribution in [0, 0.1) is 23.3 Å². The van der Waals surface area contributed by atoms with Crippen molar-refractivity contribution < 1.29 is 22.3 Å². The van der Waals surface area contributed by atoms with E-state index in [0.29, 0.717) is 28.3 Å². The predicted octanol–water partition coefficient (Wildman–Crippen LogP) is 19.6. The SMILES string of the molecule is CC(C)c1cccc(C(C)C)c1-c1cc(Oc2ccc3c4ccccc4n(-c4cc(C(C)(C)C)ccn4)c3c2)cc(N2CN(c3c(-c4cc(F)cc(F)c4)cc(C(C)(C)C)cc3-c3cc(F)cc(F)c3)c3ccccc32)c1. The monoisotopic (exact) mass is 1030 g/mol. The molecule has 10 aromatic rings. The highest BCUT2D eigenvalue weighted by atomic mass is 19.1. The second-order valence-electron chi connectivity index (χ2n) is 23.1. The molecular formula is C68H62F4N4O. The number of ether oxygens (including phenoxy) is 1. The zero-order chi connectivity index (χ0) is 54.2. The summed E-state index contributed by atoms with van der Waals surface area (Å²) in [4.78, 5) is 9.21. The maximum Gasteiger partial charge on any atom is 0.137 e. The van der Waals surface area contributed by atoms with E-state index in [2.05, 4.69) is 148 Å². The topological polar surface area (TPSA) is 33.5 Å². The number of fused-ring (bicyclic) bond motifs is 4. The number of benzene rings is 8. The molecule has 1 aliphatic rings. The Morgan fingerprint density at radius 1 is 0.481 bits per heavy atom. The van der Waals surface area contributed by atoms with Crippen LogP contribution < -0.4 is 14.5 Å². The summed E-state index contributed by atoms with van der Waals surface area (Å²) >= 11 is 0. The minimum absolute atomic E-state index is 0.0904. The maximum atomic E-state index is 15.4. The number of hydrogen-bond donors (Lipinski definition) is 0. The lowest BCUT2D eigenvalue weighted by Gasteiger charge is -2.30. The summed E-state index contributed by atoms with van der Waals surface area (Å²) in [6.07, 6.45) is 1.88. The van der Waals surface area contributed by atoms with Gasteiger partial charge in [-0.3, -0.25) is 4.57 Å². The summed E-state index contributed by atoms with van der Waals surface area (Å²) in [6, 6.07) is 50.6. The minimum atomic E-state index is -0.743. The van der Waals surface area contributed by atoms with Crippen LogP contribution in [0.25, 0.3) is 61.0 Å². The van der Waals surface area contributed by atoms with E-state index in [9.17, 15) is 0 Å². The summed E-state index contributed by atoms with van der Waals surface area (Å²) in [7, 11) is 0. The first-order valence-corrected chi connectivity index (χ1v) is 26.4. The van der Waals surface area contributed by atoms with Crippen molar-refractivity contribution in [3.05, 3.63) is 216 Å². The summed E-state index contributed by atoms with van der Waals surface area (Å²) in [5.74, 6) is -0.512. The van der Waals surface area contributed by atoms with Crippen LogP contribution in [-0.4, -0.2) is 16.2 Å². The van der Waals surface area contributed by atoms with Gasteiger partial charge in [-0.05, 0) is 158 Å². The molecule has 0 fully saturated rings. The molecule has 1 aliphatic heterocycles. The zero-order valence-electron chi connectivity index (χ0n) is 45.2. The van der Waals surface area contributed by atoms with Crippen LogP contribution in [0.5, 0.6) is 11.5 Å². The minimum Gasteiger partial charge on any atom is -0.457 e. The van der Waals surface area contributed by atoms with Gasteiger partial charge in [-0.15, -0.1) is 0 Å². The molecule has 0 radical (unpaired) electrons. The molecule has 0 aliphatic carbocycles. The summed E-state index contributed by atoms with van der Waals surface area (Å²) in [5.41, 5.74) is 12.5. The van der Waals surface area contributed by atoms with E-state index < -0.39 is 28.7 Å². The van der Waals surface area contributed by atoms with Gasteiger partial charge in [-0.1, -0.05) is 118 Å². The lowest BCUT2D eigenvalue weighted by atomic mass is 9.82. The number of hydrogen-bond acceptors (Lipinski definition) is 4. The Balaban J connectivity index is 1.12. The van der Waals surface area contributed by atoms with E-state index in [1.807, 2.05) is 69.4 Å². The first-order valence-electron chi connectivity index (χ1n) is 26.4. The zero-order valence-corrected chi connectivity index (χ0v) is 45.2. The molecule has 0 bridgehead atoms. The molecule has 0 spiro atoms. The Kier molecular flexibility index (Phi) is 12.9. The highest BCUT2D eigenvalue weighted by Gasteiger charge is 2.34. The normalized spacial score (nSPS) is 12.9. The number of rotatable bonds is 10. The van der Waals surface area contributed by atoms with Crippen LogP contribution in [0.2, 0.25) is 0 Å². The van der Waals surface area contributed by atoms with Gasteiger partial charge in [0.15, 0.2) is 0 Å². The van der Waals surface area contributed by atoms with Gasteiger partial charge in [0.25, 0.3) is 0 Å². The molecule has 0 amide bonds. The maximum absolute atomic E-state index is 15.4. The van der Waals surface area contributed by atoms with Gasteiger partial charge >= 0.3 is 0 Å². The lowest BCUT2D eigenvalue weighted by molar-refractivity contribution is 0.483. The van der Waals surface area contributed by atoms with Crippen molar-refractivity contribution >= 4 is 44.6 Å². The molecule has 0 N–H and O–H groups in total. The van der Waals surface area contributed by atoms with Gasteiger partial charge in [-0.25, -0.2) is 22.5 Å². The first kappa shape index (κ1) is 51.0. The Labute approximate surface area is 449 Å². The predicted molar refractivity (Wildman–Crippen MR) is 309 cm³/mol. The Morgan fingerprint density at radius 2 is 1.04 bits per heavy atom. The van der Waals surface area contributed by atoms with Crippen molar-refractivity contribution in [3.8, 4) is 50.7 Å². The Bertz CT molecular complexity index is 3800. The number of nitrogens with zero attached hydrogens (tertiary/aromatic N) is 4. The van der Waals surface area contributed by atoms with Crippen molar-refractivity contribution in [3.63, 3.8) is 0 Å². The van der Waals surface area contributed by atoms with E-state index in [0.717, 1.165) is 73.5 Å². The second kappa shape index (κ2) is 19.4. The first-order chi connectivity index (χ1) is 36.7. The molecule has 0 saturated heterocycles. The highest BCUT2D eigenvalue weighted by molar-refractivity contribution is 6.09. The van der Waals surface area contributed by atoms with Gasteiger partial charge in [0.1, 0.15) is 47.3 Å². The molecule has 3 heterocycles. The number of para-hydroxylation sites is 3. The molecule has 388 valence electrons. The third kappa shape index (κ3) is 9.62. The van der Waals surface area contributed by atoms with Crippen LogP contribution in [0.1, 0.15) is 103 Å². The third-order valence-corrected chi connectivity index (χ3v) is 14.9. The van der Waals surface area contributed by atoms with Crippen molar-refractivity contribution in [1.29, 1.82) is 0 Å². The van der Waals surface area contributed by atoms with Crippen LogP contribution in [0.15, 0.2) is 170 Å². The second-order valence-corrected chi connectivity index (χ2v) is 23.1. The van der Waals surface area contributed by atoms with Gasteiger partial charge in [0, 0.05) is 58.0 Å². The summed E-state index contributed by atoms with van der Waals surface area (Å²) < 4.78 is 71.1. The van der Waals surface area contributed by atoms with Gasteiger partial charge < -0.3 is 14.5 Å². The summed E-state index contributed by atoms with van der Waals surface area (Å²) in [5, 5.41) is 2.18. The number of halogens is 4. The van der Waals surface area contributed by atoms with Crippen molar-refractivity contribution in [1.82, 2.24) is 9.55 Å². The van der Waals surface area contributed by atoms with Crippen LogP contribution >= 0.6 is 0 Å². The quantitative estimate of drug-likeness (QED) is 0.128. The smallest absolute Gasteiger partial charge is 0.137 e.